The molecule has 2 N–H and O–H groups in total. The van der Waals surface area contributed by atoms with Gasteiger partial charge >= 0.3 is 0 Å². The molecule has 0 atom stereocenters. The summed E-state index contributed by atoms with van der Waals surface area (Å²) in [5.74, 6) is 0.815. The van der Waals surface area contributed by atoms with Crippen LogP contribution in [0.1, 0.15) is 37.1 Å². The number of hydrogen-bond donors (Lipinski definition) is 2. The average Bonchev–Trinajstić information content (AvgIpc) is 3.58. The number of nitrogens with zero attached hydrogens (tertiary/aromatic N) is 6. The van der Waals surface area contributed by atoms with E-state index in [1.165, 1.54) is 11.3 Å². The maximum atomic E-state index is 5.47. The standard InChI is InChI=1S/C29H36N8O/c1-29(2)6-5-24-26(16-29)34-35-28(24)22-14-25(33-27(15-22)31-18-21-4-3-7-30-17-21)23-19-32-37(20-23)9-8-36-10-12-38-13-11-36/h3-4,7,14-15,17,19-20H,5-6,8-13,16,18H2,1-2H3,(H,31,33)(H,34,35). The van der Waals surface area contributed by atoms with Gasteiger partial charge in [0.15, 0.2) is 0 Å². The van der Waals surface area contributed by atoms with Crippen LogP contribution in [0.2, 0.25) is 0 Å². The van der Waals surface area contributed by atoms with E-state index < -0.39 is 0 Å². The molecule has 1 aliphatic heterocycles. The van der Waals surface area contributed by atoms with E-state index in [2.05, 4.69) is 63.6 Å². The molecular weight excluding hydrogens is 476 g/mol. The number of anilines is 1. The SMILES string of the molecule is CC1(C)CCc2c(-c3cc(NCc4cccnc4)nc(-c4cnn(CCN5CCOCC5)c4)c3)n[nH]c2C1. The number of fused-ring (bicyclic) bond motifs is 1. The van der Waals surface area contributed by atoms with E-state index in [0.29, 0.717) is 12.0 Å². The van der Waals surface area contributed by atoms with E-state index in [4.69, 9.17) is 14.8 Å². The van der Waals surface area contributed by atoms with Crippen LogP contribution in [0.3, 0.4) is 0 Å². The largest absolute Gasteiger partial charge is 0.379 e. The minimum absolute atomic E-state index is 0.298. The van der Waals surface area contributed by atoms with Gasteiger partial charge in [0.1, 0.15) is 5.82 Å². The second kappa shape index (κ2) is 10.7. The average molecular weight is 513 g/mol. The lowest BCUT2D eigenvalue weighted by atomic mass is 9.76. The summed E-state index contributed by atoms with van der Waals surface area (Å²) in [6, 6.07) is 8.28. The Labute approximate surface area is 223 Å². The molecule has 0 saturated carbocycles. The predicted octanol–water partition coefficient (Wildman–Crippen LogP) is 4.19. The molecule has 38 heavy (non-hydrogen) atoms. The van der Waals surface area contributed by atoms with Gasteiger partial charge in [-0.2, -0.15) is 10.2 Å². The van der Waals surface area contributed by atoms with Gasteiger partial charge in [-0.05, 0) is 48.4 Å². The third kappa shape index (κ3) is 5.63. The molecule has 0 aromatic carbocycles. The highest BCUT2D eigenvalue weighted by molar-refractivity contribution is 5.73. The van der Waals surface area contributed by atoms with Gasteiger partial charge in [-0.25, -0.2) is 4.98 Å². The molecule has 6 rings (SSSR count). The lowest BCUT2D eigenvalue weighted by molar-refractivity contribution is 0.0360. The summed E-state index contributed by atoms with van der Waals surface area (Å²) in [5.41, 5.74) is 8.00. The van der Waals surface area contributed by atoms with Crippen LogP contribution in [0, 0.1) is 5.41 Å². The topological polar surface area (TPSA) is 96.8 Å². The summed E-state index contributed by atoms with van der Waals surface area (Å²) in [5, 5.41) is 16.3. The number of aromatic nitrogens is 6. The molecule has 5 heterocycles. The highest BCUT2D eigenvalue weighted by atomic mass is 16.5. The number of rotatable bonds is 8. The van der Waals surface area contributed by atoms with Crippen molar-refractivity contribution in [3.05, 3.63) is 65.9 Å². The molecule has 4 aromatic rings. The molecule has 9 nitrogen and oxygen atoms in total. The first-order valence-corrected chi connectivity index (χ1v) is 13.6. The van der Waals surface area contributed by atoms with Crippen molar-refractivity contribution in [2.75, 3.05) is 38.2 Å². The zero-order valence-electron chi connectivity index (χ0n) is 22.3. The van der Waals surface area contributed by atoms with Crippen LogP contribution in [-0.4, -0.2) is 67.7 Å². The van der Waals surface area contributed by atoms with Crippen LogP contribution in [-0.2, 0) is 30.7 Å². The zero-order chi connectivity index (χ0) is 26.0. The number of pyridine rings is 2. The van der Waals surface area contributed by atoms with Gasteiger partial charge in [-0.15, -0.1) is 0 Å². The molecule has 0 amide bonds. The van der Waals surface area contributed by atoms with Crippen molar-refractivity contribution in [1.29, 1.82) is 0 Å². The van der Waals surface area contributed by atoms with E-state index >= 15 is 0 Å². The van der Waals surface area contributed by atoms with Crippen LogP contribution < -0.4 is 5.32 Å². The number of ether oxygens (including phenoxy) is 1. The molecule has 1 aliphatic carbocycles. The number of H-pyrrole nitrogens is 1. The highest BCUT2D eigenvalue weighted by Crippen LogP contribution is 2.38. The Morgan fingerprint density at radius 1 is 1.11 bits per heavy atom. The van der Waals surface area contributed by atoms with Gasteiger partial charge in [0.25, 0.3) is 0 Å². The molecular formula is C29H36N8O. The Hall–Kier alpha value is -3.56. The third-order valence-electron chi connectivity index (χ3n) is 7.63. The summed E-state index contributed by atoms with van der Waals surface area (Å²) >= 11 is 0. The fourth-order valence-electron chi connectivity index (χ4n) is 5.37. The third-order valence-corrected chi connectivity index (χ3v) is 7.63. The number of aromatic amines is 1. The molecule has 0 spiro atoms. The minimum atomic E-state index is 0.298. The Morgan fingerprint density at radius 3 is 2.84 bits per heavy atom. The van der Waals surface area contributed by atoms with Crippen molar-refractivity contribution in [1.82, 2.24) is 34.8 Å². The van der Waals surface area contributed by atoms with Gasteiger partial charge < -0.3 is 10.1 Å². The van der Waals surface area contributed by atoms with Crippen LogP contribution in [0.5, 0.6) is 0 Å². The molecule has 0 unspecified atom stereocenters. The molecule has 198 valence electrons. The first-order chi connectivity index (χ1) is 18.5. The normalized spacial score (nSPS) is 17.3. The van der Waals surface area contributed by atoms with Gasteiger partial charge in [0, 0.05) is 67.2 Å². The molecule has 4 aromatic heterocycles. The Bertz CT molecular complexity index is 1370. The van der Waals surface area contributed by atoms with E-state index in [0.717, 1.165) is 92.6 Å². The zero-order valence-corrected chi connectivity index (χ0v) is 22.3. The van der Waals surface area contributed by atoms with E-state index in [1.807, 2.05) is 23.1 Å². The minimum Gasteiger partial charge on any atom is -0.379 e. The summed E-state index contributed by atoms with van der Waals surface area (Å²) in [7, 11) is 0. The van der Waals surface area contributed by atoms with E-state index in [9.17, 15) is 0 Å². The van der Waals surface area contributed by atoms with Crippen molar-refractivity contribution in [3.8, 4) is 22.5 Å². The Balaban J connectivity index is 1.28. The van der Waals surface area contributed by atoms with Crippen LogP contribution in [0.4, 0.5) is 5.82 Å². The van der Waals surface area contributed by atoms with Crippen LogP contribution >= 0.6 is 0 Å². The van der Waals surface area contributed by atoms with Crippen molar-refractivity contribution in [2.24, 2.45) is 5.41 Å². The van der Waals surface area contributed by atoms with E-state index in [1.54, 1.807) is 6.20 Å². The van der Waals surface area contributed by atoms with Crippen LogP contribution in [0.25, 0.3) is 22.5 Å². The molecule has 1 saturated heterocycles. The van der Waals surface area contributed by atoms with Crippen molar-refractivity contribution >= 4 is 5.82 Å². The molecule has 2 aliphatic rings. The lowest BCUT2D eigenvalue weighted by Crippen LogP contribution is -2.38. The molecule has 0 bridgehead atoms. The number of hydrogen-bond acceptors (Lipinski definition) is 7. The lowest BCUT2D eigenvalue weighted by Gasteiger charge is -2.29. The maximum absolute atomic E-state index is 5.47. The molecule has 1 fully saturated rings. The second-order valence-corrected chi connectivity index (χ2v) is 11.2. The van der Waals surface area contributed by atoms with Gasteiger partial charge in [-0.1, -0.05) is 19.9 Å². The van der Waals surface area contributed by atoms with E-state index in [-0.39, 0.29) is 0 Å². The van der Waals surface area contributed by atoms with Crippen molar-refractivity contribution < 1.29 is 4.74 Å². The Kier molecular flexibility index (Phi) is 6.95. The van der Waals surface area contributed by atoms with Gasteiger partial charge in [-0.3, -0.25) is 19.7 Å². The van der Waals surface area contributed by atoms with Crippen molar-refractivity contribution in [2.45, 2.75) is 46.2 Å². The molecule has 0 radical (unpaired) electrons. The quantitative estimate of drug-likeness (QED) is 0.365. The highest BCUT2D eigenvalue weighted by Gasteiger charge is 2.29. The number of morpholine rings is 1. The van der Waals surface area contributed by atoms with Gasteiger partial charge in [0.05, 0.1) is 37.3 Å². The summed E-state index contributed by atoms with van der Waals surface area (Å²) in [6.07, 6.45) is 10.9. The summed E-state index contributed by atoms with van der Waals surface area (Å²) in [6.45, 7) is 10.7. The van der Waals surface area contributed by atoms with Crippen molar-refractivity contribution in [3.63, 3.8) is 0 Å². The molecule has 9 heteroatoms. The smallest absolute Gasteiger partial charge is 0.127 e. The Morgan fingerprint density at radius 2 is 2.00 bits per heavy atom. The van der Waals surface area contributed by atoms with Crippen LogP contribution in [0.15, 0.2) is 49.1 Å². The fourth-order valence-corrected chi connectivity index (χ4v) is 5.37. The fraction of sp³-hybridized carbons (Fsp3) is 0.448. The predicted molar refractivity (Wildman–Crippen MR) is 148 cm³/mol. The monoisotopic (exact) mass is 512 g/mol. The summed E-state index contributed by atoms with van der Waals surface area (Å²) < 4.78 is 7.48. The second-order valence-electron chi connectivity index (χ2n) is 11.2. The van der Waals surface area contributed by atoms with Gasteiger partial charge in [0.2, 0.25) is 0 Å². The number of nitrogens with one attached hydrogen (secondary N) is 2. The first kappa shape index (κ1) is 24.8. The summed E-state index contributed by atoms with van der Waals surface area (Å²) in [4.78, 5) is 11.6. The first-order valence-electron chi connectivity index (χ1n) is 13.6. The maximum Gasteiger partial charge on any atom is 0.127 e.